The minimum atomic E-state index is -3.22. The molecule has 4 nitrogen and oxygen atoms in total. The minimum absolute atomic E-state index is 0. The third kappa shape index (κ3) is 32.3. The summed E-state index contributed by atoms with van der Waals surface area (Å²) in [6.45, 7) is 5.55. The van der Waals surface area contributed by atoms with Gasteiger partial charge in [0.25, 0.3) is 0 Å². The van der Waals surface area contributed by atoms with Gasteiger partial charge in [0.1, 0.15) is 0 Å². The molecule has 19 heavy (non-hydrogen) atoms. The fourth-order valence-electron chi connectivity index (χ4n) is 1.08. The van der Waals surface area contributed by atoms with Gasteiger partial charge in [0.05, 0.1) is 33.4 Å². The highest BCUT2D eigenvalue weighted by molar-refractivity contribution is 7.89. The maximum absolute atomic E-state index is 10.5. The third-order valence-corrected chi connectivity index (χ3v) is 3.59. The summed E-state index contributed by atoms with van der Waals surface area (Å²) in [4.78, 5) is 0. The molecular formula is C13H33IN2O2S. The Balaban J connectivity index is -0.000000313. The van der Waals surface area contributed by atoms with Crippen molar-refractivity contribution in [1.29, 1.82) is 0 Å². The van der Waals surface area contributed by atoms with Crippen molar-refractivity contribution >= 4 is 10.0 Å². The van der Waals surface area contributed by atoms with Gasteiger partial charge in [0.15, 0.2) is 0 Å². The van der Waals surface area contributed by atoms with Crippen LogP contribution in [0.5, 0.6) is 0 Å². The lowest BCUT2D eigenvalue weighted by molar-refractivity contribution is -0.868. The number of nitrogens with two attached hydrogens (primary N) is 1. The SMILES string of the molecule is CCCCCCCCS(N)(=O)=O.CC[N+](C)(C)C.[I-]. The molecule has 6 heteroatoms. The molecule has 0 aromatic heterocycles. The monoisotopic (exact) mass is 408 g/mol. The highest BCUT2D eigenvalue weighted by atomic mass is 127. The molecule has 0 radical (unpaired) electrons. The van der Waals surface area contributed by atoms with Gasteiger partial charge >= 0.3 is 0 Å². The number of hydrogen-bond acceptors (Lipinski definition) is 2. The number of primary sulfonamides is 1. The van der Waals surface area contributed by atoms with Crippen LogP contribution >= 0.6 is 0 Å². The second-order valence-electron chi connectivity index (χ2n) is 5.74. The Labute approximate surface area is 137 Å². The van der Waals surface area contributed by atoms with Crippen molar-refractivity contribution in [2.24, 2.45) is 5.14 Å². The van der Waals surface area contributed by atoms with Gasteiger partial charge in [-0.3, -0.25) is 0 Å². The van der Waals surface area contributed by atoms with E-state index in [4.69, 9.17) is 5.14 Å². The predicted octanol–water partition coefficient (Wildman–Crippen LogP) is -0.648. The number of halogens is 1. The number of quaternary nitrogens is 1. The highest BCUT2D eigenvalue weighted by Crippen LogP contribution is 2.05. The van der Waals surface area contributed by atoms with Crippen molar-refractivity contribution in [2.75, 3.05) is 33.4 Å². The molecule has 0 saturated carbocycles. The van der Waals surface area contributed by atoms with Gasteiger partial charge in [-0.2, -0.15) is 0 Å². The van der Waals surface area contributed by atoms with E-state index in [0.29, 0.717) is 6.42 Å². The summed E-state index contributed by atoms with van der Waals surface area (Å²) in [5, 5.41) is 4.85. The second kappa shape index (κ2) is 13.6. The Hall–Kier alpha value is 0.600. The molecular weight excluding hydrogens is 375 g/mol. The normalized spacial score (nSPS) is 11.3. The molecule has 0 aliphatic carbocycles. The first-order chi connectivity index (χ1) is 8.12. The van der Waals surface area contributed by atoms with Crippen LogP contribution in [0, 0.1) is 0 Å². The lowest BCUT2D eigenvalue weighted by Crippen LogP contribution is -3.00. The average Bonchev–Trinajstić information content (AvgIpc) is 2.22. The third-order valence-electron chi connectivity index (χ3n) is 2.73. The van der Waals surface area contributed by atoms with E-state index in [1.807, 2.05) is 0 Å². The fraction of sp³-hybridized carbons (Fsp3) is 1.00. The molecule has 0 atom stereocenters. The Morgan fingerprint density at radius 1 is 0.895 bits per heavy atom. The van der Waals surface area contributed by atoms with Crippen molar-refractivity contribution in [3.8, 4) is 0 Å². The molecule has 120 valence electrons. The van der Waals surface area contributed by atoms with Gasteiger partial charge in [-0.05, 0) is 13.3 Å². The van der Waals surface area contributed by atoms with Crippen molar-refractivity contribution in [2.45, 2.75) is 52.4 Å². The summed E-state index contributed by atoms with van der Waals surface area (Å²) in [6, 6.07) is 0. The lowest BCUT2D eigenvalue weighted by atomic mass is 10.1. The molecule has 0 aromatic rings. The maximum Gasteiger partial charge on any atom is 0.209 e. The molecule has 2 N–H and O–H groups in total. The van der Waals surface area contributed by atoms with Gasteiger partial charge in [0, 0.05) is 0 Å². The summed E-state index contributed by atoms with van der Waals surface area (Å²) in [5.41, 5.74) is 0. The van der Waals surface area contributed by atoms with Gasteiger partial charge in [-0.1, -0.05) is 39.0 Å². The number of unbranched alkanes of at least 4 members (excludes halogenated alkanes) is 5. The Morgan fingerprint density at radius 2 is 1.26 bits per heavy atom. The summed E-state index contributed by atoms with van der Waals surface area (Å²) in [7, 11) is 3.32. The van der Waals surface area contributed by atoms with Crippen LogP contribution in [-0.4, -0.2) is 46.3 Å². The van der Waals surface area contributed by atoms with Crippen LogP contribution in [0.2, 0.25) is 0 Å². The van der Waals surface area contributed by atoms with Crippen LogP contribution in [0.25, 0.3) is 0 Å². The molecule has 0 fully saturated rings. The summed E-state index contributed by atoms with van der Waals surface area (Å²) < 4.78 is 22.1. The molecule has 0 rings (SSSR count). The van der Waals surface area contributed by atoms with Crippen LogP contribution in [0.4, 0.5) is 0 Å². The van der Waals surface area contributed by atoms with Crippen molar-refractivity contribution in [3.05, 3.63) is 0 Å². The van der Waals surface area contributed by atoms with Crippen molar-refractivity contribution < 1.29 is 36.9 Å². The van der Waals surface area contributed by atoms with Crippen LogP contribution in [0.15, 0.2) is 0 Å². The zero-order chi connectivity index (χ0) is 14.7. The summed E-state index contributed by atoms with van der Waals surface area (Å²) >= 11 is 0. The van der Waals surface area contributed by atoms with E-state index in [-0.39, 0.29) is 29.7 Å². The van der Waals surface area contributed by atoms with Crippen LogP contribution < -0.4 is 29.1 Å². The van der Waals surface area contributed by atoms with Gasteiger partial charge in [-0.15, -0.1) is 0 Å². The molecule has 0 aromatic carbocycles. The molecule has 0 bridgehead atoms. The first-order valence-corrected chi connectivity index (χ1v) is 8.65. The Bertz CT molecular complexity index is 275. The number of hydrogen-bond donors (Lipinski definition) is 1. The average molecular weight is 408 g/mol. The first kappa shape index (κ1) is 24.6. The largest absolute Gasteiger partial charge is 1.00 e. The van der Waals surface area contributed by atoms with E-state index in [2.05, 4.69) is 35.0 Å². The molecule has 0 saturated heterocycles. The summed E-state index contributed by atoms with van der Waals surface area (Å²) in [5.74, 6) is 0.138. The smallest absolute Gasteiger partial charge is 0.209 e. The second-order valence-corrected chi connectivity index (χ2v) is 7.48. The maximum atomic E-state index is 10.5. The fourth-order valence-corrected chi connectivity index (χ4v) is 1.69. The zero-order valence-electron chi connectivity index (χ0n) is 13.3. The zero-order valence-corrected chi connectivity index (χ0v) is 16.3. The van der Waals surface area contributed by atoms with E-state index in [9.17, 15) is 8.42 Å². The van der Waals surface area contributed by atoms with E-state index in [1.54, 1.807) is 0 Å². The number of rotatable bonds is 8. The topological polar surface area (TPSA) is 60.2 Å². The standard InChI is InChI=1S/C8H19NO2S.C5H14N.HI/c1-2-3-4-5-6-7-8-12(9,10)11;1-5-6(2,3)4;/h2-8H2,1H3,(H2,9,10,11);5H2,1-4H3;1H/q;+1;/p-1. The molecule has 0 unspecified atom stereocenters. The Morgan fingerprint density at radius 3 is 1.58 bits per heavy atom. The Kier molecular flexibility index (Phi) is 17.6. The van der Waals surface area contributed by atoms with Gasteiger partial charge < -0.3 is 28.5 Å². The molecule has 0 aliphatic rings. The summed E-state index contributed by atoms with van der Waals surface area (Å²) in [6.07, 6.45) is 6.49. The molecule has 0 heterocycles. The van der Waals surface area contributed by atoms with E-state index < -0.39 is 10.0 Å². The minimum Gasteiger partial charge on any atom is -1.00 e. The molecule has 0 spiro atoms. The number of sulfonamides is 1. The molecule has 0 amide bonds. The lowest BCUT2D eigenvalue weighted by Gasteiger charge is -2.20. The quantitative estimate of drug-likeness (QED) is 0.330. The van der Waals surface area contributed by atoms with Gasteiger partial charge in [-0.25, -0.2) is 13.6 Å². The number of nitrogens with zero attached hydrogens (tertiary/aromatic N) is 1. The predicted molar refractivity (Wildman–Crippen MR) is 79.9 cm³/mol. The van der Waals surface area contributed by atoms with Crippen LogP contribution in [0.3, 0.4) is 0 Å². The van der Waals surface area contributed by atoms with E-state index in [0.717, 1.165) is 17.3 Å². The first-order valence-electron chi connectivity index (χ1n) is 6.93. The van der Waals surface area contributed by atoms with E-state index in [1.165, 1.54) is 25.8 Å². The molecule has 0 aliphatic heterocycles. The van der Waals surface area contributed by atoms with Crippen LogP contribution in [0.1, 0.15) is 52.4 Å². The van der Waals surface area contributed by atoms with E-state index >= 15 is 0 Å². The van der Waals surface area contributed by atoms with Gasteiger partial charge in [0.2, 0.25) is 10.0 Å². The van der Waals surface area contributed by atoms with Crippen molar-refractivity contribution in [1.82, 2.24) is 0 Å². The highest BCUT2D eigenvalue weighted by Gasteiger charge is 2.00. The van der Waals surface area contributed by atoms with Crippen molar-refractivity contribution in [3.63, 3.8) is 0 Å². The van der Waals surface area contributed by atoms with Crippen LogP contribution in [-0.2, 0) is 10.0 Å².